The maximum atomic E-state index is 12.1. The number of carbonyl (C=O) groups excluding carboxylic acids is 1. The molecule has 20 heavy (non-hydrogen) atoms. The molecule has 0 aliphatic heterocycles. The van der Waals surface area contributed by atoms with Crippen LogP contribution in [0.25, 0.3) is 0 Å². The molecule has 3 atom stereocenters. The number of amides is 1. The van der Waals surface area contributed by atoms with Gasteiger partial charge in [-0.3, -0.25) is 4.79 Å². The normalized spacial score (nSPS) is 25.6. The predicted molar refractivity (Wildman–Crippen MR) is 80.6 cm³/mol. The summed E-state index contributed by atoms with van der Waals surface area (Å²) in [6.07, 6.45) is 0.419. The van der Waals surface area contributed by atoms with Gasteiger partial charge >= 0.3 is 0 Å². The molecule has 1 aliphatic rings. The minimum atomic E-state index is -0.285. The van der Waals surface area contributed by atoms with Gasteiger partial charge in [0.15, 0.2) is 0 Å². The van der Waals surface area contributed by atoms with Crippen LogP contribution >= 0.6 is 0 Å². The van der Waals surface area contributed by atoms with Crippen molar-refractivity contribution in [2.24, 2.45) is 5.41 Å². The van der Waals surface area contributed by atoms with Gasteiger partial charge in [0.25, 0.3) is 0 Å². The molecule has 4 nitrogen and oxygen atoms in total. The minimum Gasteiger partial charge on any atom is -0.392 e. The van der Waals surface area contributed by atoms with Gasteiger partial charge in [-0.05, 0) is 32.4 Å². The monoisotopic (exact) mass is 276 g/mol. The molecule has 0 radical (unpaired) electrons. The quantitative estimate of drug-likeness (QED) is 0.789. The Hall–Kier alpha value is -1.39. The van der Waals surface area contributed by atoms with E-state index in [1.165, 1.54) is 5.56 Å². The van der Waals surface area contributed by atoms with Crippen LogP contribution in [0.2, 0.25) is 0 Å². The zero-order valence-corrected chi connectivity index (χ0v) is 12.6. The van der Waals surface area contributed by atoms with Crippen LogP contribution in [0.3, 0.4) is 0 Å². The number of hydrogen-bond acceptors (Lipinski definition) is 3. The molecule has 0 aromatic heterocycles. The molecule has 1 saturated carbocycles. The van der Waals surface area contributed by atoms with E-state index in [1.807, 2.05) is 52.0 Å². The topological polar surface area (TPSA) is 61.4 Å². The fourth-order valence-electron chi connectivity index (χ4n) is 2.45. The molecule has 4 heteroatoms. The first-order chi connectivity index (χ1) is 9.30. The number of aliphatic hydroxyl groups excluding tert-OH is 1. The van der Waals surface area contributed by atoms with Gasteiger partial charge in [-0.1, -0.05) is 31.5 Å². The lowest BCUT2D eigenvalue weighted by atomic mass is 9.64. The number of rotatable bonds is 4. The number of nitrogens with one attached hydrogen (secondary N) is 2. The van der Waals surface area contributed by atoms with Gasteiger partial charge in [0.2, 0.25) is 5.91 Å². The molecule has 0 bridgehead atoms. The Balaban J connectivity index is 1.88. The van der Waals surface area contributed by atoms with Crippen molar-refractivity contribution >= 4 is 11.6 Å². The van der Waals surface area contributed by atoms with E-state index in [1.54, 1.807) is 0 Å². The van der Waals surface area contributed by atoms with Crippen LogP contribution in [0.4, 0.5) is 5.69 Å². The first kappa shape index (κ1) is 15.0. The molecule has 0 heterocycles. The van der Waals surface area contributed by atoms with Crippen molar-refractivity contribution in [1.82, 2.24) is 5.32 Å². The lowest BCUT2D eigenvalue weighted by Crippen LogP contribution is -2.62. The fraction of sp³-hybridized carbons (Fsp3) is 0.562. The number of aliphatic hydroxyl groups is 1. The molecule has 0 spiro atoms. The van der Waals surface area contributed by atoms with Gasteiger partial charge in [-0.2, -0.15) is 0 Å². The molecule has 110 valence electrons. The number of hydrogen-bond donors (Lipinski definition) is 3. The van der Waals surface area contributed by atoms with Gasteiger partial charge in [-0.15, -0.1) is 0 Å². The molecule has 3 N–H and O–H groups in total. The van der Waals surface area contributed by atoms with Crippen LogP contribution in [0.5, 0.6) is 0 Å². The van der Waals surface area contributed by atoms with Crippen molar-refractivity contribution in [3.05, 3.63) is 29.8 Å². The maximum Gasteiger partial charge on any atom is 0.241 e. The summed E-state index contributed by atoms with van der Waals surface area (Å²) in [4.78, 5) is 12.1. The molecule has 1 amide bonds. The summed E-state index contributed by atoms with van der Waals surface area (Å²) < 4.78 is 0. The average Bonchev–Trinajstić information content (AvgIpc) is 2.40. The van der Waals surface area contributed by atoms with Crippen molar-refractivity contribution in [2.75, 3.05) is 5.32 Å². The molecular formula is C16H24N2O2. The lowest BCUT2D eigenvalue weighted by Gasteiger charge is -2.50. The first-order valence-electron chi connectivity index (χ1n) is 7.12. The van der Waals surface area contributed by atoms with Gasteiger partial charge in [0.1, 0.15) is 0 Å². The number of aryl methyl sites for hydroxylation is 1. The maximum absolute atomic E-state index is 12.1. The Morgan fingerprint density at radius 2 is 1.95 bits per heavy atom. The Labute approximate surface area is 120 Å². The van der Waals surface area contributed by atoms with Crippen LogP contribution < -0.4 is 10.6 Å². The molecule has 3 unspecified atom stereocenters. The summed E-state index contributed by atoms with van der Waals surface area (Å²) in [6, 6.07) is 7.64. The summed E-state index contributed by atoms with van der Waals surface area (Å²) in [5, 5.41) is 15.9. The van der Waals surface area contributed by atoms with Crippen molar-refractivity contribution in [2.45, 2.75) is 52.3 Å². The van der Waals surface area contributed by atoms with Crippen LogP contribution in [0.15, 0.2) is 24.3 Å². The second kappa shape index (κ2) is 5.54. The Bertz CT molecular complexity index is 482. The second-order valence-electron chi connectivity index (χ2n) is 6.37. The first-order valence-corrected chi connectivity index (χ1v) is 7.12. The van der Waals surface area contributed by atoms with E-state index in [0.29, 0.717) is 6.42 Å². The number of carbonyl (C=O) groups is 1. The second-order valence-corrected chi connectivity index (χ2v) is 6.37. The molecular weight excluding hydrogens is 252 g/mol. The van der Waals surface area contributed by atoms with Crippen LogP contribution in [-0.2, 0) is 4.79 Å². The van der Waals surface area contributed by atoms with Gasteiger partial charge in [0, 0.05) is 17.1 Å². The Morgan fingerprint density at radius 1 is 1.35 bits per heavy atom. The third-order valence-electron chi connectivity index (χ3n) is 4.38. The summed E-state index contributed by atoms with van der Waals surface area (Å²) in [7, 11) is 0. The minimum absolute atomic E-state index is 0.0500. The standard InChI is InChI=1S/C16H24N2O2/c1-10-5-7-12(8-6-10)18-15(20)11(2)17-13-9-14(19)16(13,3)4/h5-8,11,13-14,17,19H,9H2,1-4H3,(H,18,20). The molecule has 1 fully saturated rings. The highest BCUT2D eigenvalue weighted by atomic mass is 16.3. The number of benzene rings is 1. The van der Waals surface area contributed by atoms with E-state index in [4.69, 9.17) is 0 Å². The highest BCUT2D eigenvalue weighted by molar-refractivity contribution is 5.94. The summed E-state index contributed by atoms with van der Waals surface area (Å²) in [5.74, 6) is -0.0500. The Kier molecular flexibility index (Phi) is 4.16. The number of anilines is 1. The lowest BCUT2D eigenvalue weighted by molar-refractivity contribution is -0.120. The molecule has 1 aliphatic carbocycles. The highest BCUT2D eigenvalue weighted by Gasteiger charge is 2.47. The SMILES string of the molecule is Cc1ccc(NC(=O)C(C)NC2CC(O)C2(C)C)cc1. The van der Waals surface area contributed by atoms with Crippen LogP contribution in [-0.4, -0.2) is 29.2 Å². The van der Waals surface area contributed by atoms with Crippen molar-refractivity contribution in [3.8, 4) is 0 Å². The van der Waals surface area contributed by atoms with Gasteiger partial charge in [0.05, 0.1) is 12.1 Å². The fourth-order valence-corrected chi connectivity index (χ4v) is 2.45. The zero-order chi connectivity index (χ0) is 14.9. The smallest absolute Gasteiger partial charge is 0.241 e. The summed E-state index contributed by atoms with van der Waals surface area (Å²) in [6.45, 7) is 7.90. The van der Waals surface area contributed by atoms with E-state index >= 15 is 0 Å². The van der Waals surface area contributed by atoms with E-state index in [2.05, 4.69) is 10.6 Å². The van der Waals surface area contributed by atoms with E-state index in [0.717, 1.165) is 5.69 Å². The van der Waals surface area contributed by atoms with Crippen LogP contribution in [0.1, 0.15) is 32.8 Å². The van der Waals surface area contributed by atoms with E-state index in [-0.39, 0.29) is 29.5 Å². The molecule has 1 aromatic carbocycles. The largest absolute Gasteiger partial charge is 0.392 e. The van der Waals surface area contributed by atoms with Crippen molar-refractivity contribution < 1.29 is 9.90 Å². The predicted octanol–water partition coefficient (Wildman–Crippen LogP) is 2.07. The molecule has 1 aromatic rings. The zero-order valence-electron chi connectivity index (χ0n) is 12.6. The third-order valence-corrected chi connectivity index (χ3v) is 4.38. The summed E-state index contributed by atoms with van der Waals surface area (Å²) in [5.41, 5.74) is 1.81. The van der Waals surface area contributed by atoms with Crippen LogP contribution in [0, 0.1) is 12.3 Å². The highest BCUT2D eigenvalue weighted by Crippen LogP contribution is 2.40. The van der Waals surface area contributed by atoms with Gasteiger partial charge in [-0.25, -0.2) is 0 Å². The summed E-state index contributed by atoms with van der Waals surface area (Å²) >= 11 is 0. The molecule has 0 saturated heterocycles. The van der Waals surface area contributed by atoms with Crippen molar-refractivity contribution in [3.63, 3.8) is 0 Å². The Morgan fingerprint density at radius 3 is 2.45 bits per heavy atom. The van der Waals surface area contributed by atoms with Crippen molar-refractivity contribution in [1.29, 1.82) is 0 Å². The van der Waals surface area contributed by atoms with E-state index in [9.17, 15) is 9.90 Å². The average molecular weight is 276 g/mol. The van der Waals surface area contributed by atoms with Gasteiger partial charge < -0.3 is 15.7 Å². The van der Waals surface area contributed by atoms with E-state index < -0.39 is 0 Å². The third kappa shape index (κ3) is 3.02. The molecule has 2 rings (SSSR count).